The first-order valence-corrected chi connectivity index (χ1v) is 11.3. The Bertz CT molecular complexity index is 1150. The Morgan fingerprint density at radius 2 is 1.88 bits per heavy atom. The highest BCUT2D eigenvalue weighted by molar-refractivity contribution is 6.31. The van der Waals surface area contributed by atoms with E-state index in [4.69, 9.17) is 16.3 Å². The van der Waals surface area contributed by atoms with Crippen LogP contribution in [0.5, 0.6) is 5.75 Å². The van der Waals surface area contributed by atoms with Crippen LogP contribution in [0.25, 0.3) is 0 Å². The molecule has 1 fully saturated rings. The van der Waals surface area contributed by atoms with Gasteiger partial charge in [-0.15, -0.1) is 0 Å². The van der Waals surface area contributed by atoms with Crippen molar-refractivity contribution in [2.45, 2.75) is 39.7 Å². The molecule has 0 bridgehead atoms. The second-order valence-corrected chi connectivity index (χ2v) is 8.52. The van der Waals surface area contributed by atoms with E-state index in [-0.39, 0.29) is 12.0 Å². The number of amides is 1. The summed E-state index contributed by atoms with van der Waals surface area (Å²) in [5, 5.41) is 6.82. The van der Waals surface area contributed by atoms with Gasteiger partial charge in [0.15, 0.2) is 0 Å². The van der Waals surface area contributed by atoms with Gasteiger partial charge in [0.2, 0.25) is 17.8 Å². The molecule has 2 aromatic carbocycles. The van der Waals surface area contributed by atoms with Crippen LogP contribution in [-0.4, -0.2) is 40.1 Å². The topological polar surface area (TPSA) is 92.3 Å². The van der Waals surface area contributed by atoms with Crippen LogP contribution >= 0.6 is 11.6 Å². The third-order valence-electron chi connectivity index (χ3n) is 5.61. The van der Waals surface area contributed by atoms with Crippen LogP contribution in [0.3, 0.4) is 0 Å². The number of aromatic nitrogens is 3. The lowest BCUT2D eigenvalue weighted by Gasteiger charge is -2.32. The fourth-order valence-electron chi connectivity index (χ4n) is 3.77. The zero-order valence-corrected chi connectivity index (χ0v) is 19.7. The Kier molecular flexibility index (Phi) is 6.93. The number of aryl methyl sites for hydroxylation is 1. The largest absolute Gasteiger partial charge is 0.490 e. The summed E-state index contributed by atoms with van der Waals surface area (Å²) < 4.78 is 6.15. The average Bonchev–Trinajstić information content (AvgIpc) is 2.79. The third kappa shape index (κ3) is 5.70. The van der Waals surface area contributed by atoms with E-state index in [2.05, 4.69) is 30.5 Å². The Labute approximate surface area is 198 Å². The molecular formula is C24H27ClN6O2. The molecule has 33 heavy (non-hydrogen) atoms. The van der Waals surface area contributed by atoms with Crippen molar-refractivity contribution in [3.63, 3.8) is 0 Å². The summed E-state index contributed by atoms with van der Waals surface area (Å²) in [7, 11) is 0. The van der Waals surface area contributed by atoms with Crippen LogP contribution in [-0.2, 0) is 4.79 Å². The van der Waals surface area contributed by atoms with Crippen molar-refractivity contribution in [1.29, 1.82) is 0 Å². The summed E-state index contributed by atoms with van der Waals surface area (Å²) in [6, 6.07) is 11.4. The molecule has 2 N–H and O–H groups in total. The molecule has 4 rings (SSSR count). The van der Waals surface area contributed by atoms with E-state index in [0.717, 1.165) is 59.2 Å². The quantitative estimate of drug-likeness (QED) is 0.534. The van der Waals surface area contributed by atoms with Gasteiger partial charge in [-0.2, -0.15) is 4.98 Å². The molecular weight excluding hydrogens is 440 g/mol. The molecule has 0 spiro atoms. The Hall–Kier alpha value is -3.39. The van der Waals surface area contributed by atoms with Crippen molar-refractivity contribution in [2.24, 2.45) is 0 Å². The lowest BCUT2D eigenvalue weighted by atomic mass is 10.1. The zero-order chi connectivity index (χ0) is 23.4. The monoisotopic (exact) mass is 466 g/mol. The van der Waals surface area contributed by atoms with Crippen LogP contribution in [0.15, 0.2) is 42.7 Å². The van der Waals surface area contributed by atoms with Crippen LogP contribution in [0.1, 0.15) is 30.9 Å². The lowest BCUT2D eigenvalue weighted by molar-refractivity contribution is -0.114. The van der Waals surface area contributed by atoms with Gasteiger partial charge < -0.3 is 20.3 Å². The minimum absolute atomic E-state index is 0.115. The summed E-state index contributed by atoms with van der Waals surface area (Å²) in [6.45, 7) is 6.97. The molecule has 1 amide bonds. The maximum absolute atomic E-state index is 11.4. The molecule has 0 unspecified atom stereocenters. The van der Waals surface area contributed by atoms with E-state index in [1.54, 1.807) is 0 Å². The molecule has 8 nitrogen and oxygen atoms in total. The van der Waals surface area contributed by atoms with Gasteiger partial charge >= 0.3 is 0 Å². The summed E-state index contributed by atoms with van der Waals surface area (Å²) >= 11 is 6.11. The number of hydrogen-bond donors (Lipinski definition) is 2. The third-order valence-corrected chi connectivity index (χ3v) is 6.03. The summed E-state index contributed by atoms with van der Waals surface area (Å²) in [5.74, 6) is 1.82. The van der Waals surface area contributed by atoms with Gasteiger partial charge in [0.05, 0.1) is 0 Å². The number of anilines is 4. The molecule has 1 aliphatic rings. The van der Waals surface area contributed by atoms with Crippen LogP contribution in [0.2, 0.25) is 5.02 Å². The molecule has 1 aromatic heterocycles. The van der Waals surface area contributed by atoms with Crippen LogP contribution in [0.4, 0.5) is 23.3 Å². The number of benzene rings is 2. The average molecular weight is 467 g/mol. The van der Waals surface area contributed by atoms with E-state index in [9.17, 15) is 4.79 Å². The highest BCUT2D eigenvalue weighted by Crippen LogP contribution is 2.27. The van der Waals surface area contributed by atoms with Crippen molar-refractivity contribution in [1.82, 2.24) is 15.0 Å². The van der Waals surface area contributed by atoms with Crippen LogP contribution in [0, 0.1) is 13.8 Å². The number of nitrogens with one attached hydrogen (secondary N) is 2. The maximum Gasteiger partial charge on any atom is 0.232 e. The first-order chi connectivity index (χ1) is 15.9. The zero-order valence-electron chi connectivity index (χ0n) is 18.9. The predicted molar refractivity (Wildman–Crippen MR) is 131 cm³/mol. The van der Waals surface area contributed by atoms with Crippen molar-refractivity contribution in [3.05, 3.63) is 58.9 Å². The SMILES string of the molecule is CC(=O)Nc1cccc(Nc2ncnc(N3CCC(Oc4ccc(Cl)c(C)c4)CC3)n2)c1C. The van der Waals surface area contributed by atoms with Crippen molar-refractivity contribution < 1.29 is 9.53 Å². The molecule has 172 valence electrons. The number of carbonyl (C=O) groups excluding carboxylic acids is 1. The van der Waals surface area contributed by atoms with Crippen molar-refractivity contribution in [2.75, 3.05) is 28.6 Å². The fraction of sp³-hybridized carbons (Fsp3) is 0.333. The number of piperidine rings is 1. The van der Waals surface area contributed by atoms with Gasteiger partial charge in [-0.3, -0.25) is 4.79 Å². The van der Waals surface area contributed by atoms with Gasteiger partial charge in [0.1, 0.15) is 18.2 Å². The van der Waals surface area contributed by atoms with E-state index < -0.39 is 0 Å². The first-order valence-electron chi connectivity index (χ1n) is 10.9. The minimum atomic E-state index is -0.115. The highest BCUT2D eigenvalue weighted by atomic mass is 35.5. The lowest BCUT2D eigenvalue weighted by Crippen LogP contribution is -2.39. The van der Waals surface area contributed by atoms with E-state index in [1.807, 2.05) is 50.2 Å². The Morgan fingerprint density at radius 3 is 2.61 bits per heavy atom. The molecule has 0 aliphatic carbocycles. The predicted octanol–water partition coefficient (Wildman–Crippen LogP) is 4.89. The van der Waals surface area contributed by atoms with Crippen LogP contribution < -0.4 is 20.3 Å². The first kappa shape index (κ1) is 22.8. The van der Waals surface area contributed by atoms with E-state index in [0.29, 0.717) is 11.9 Å². The highest BCUT2D eigenvalue weighted by Gasteiger charge is 2.23. The van der Waals surface area contributed by atoms with E-state index in [1.165, 1.54) is 13.3 Å². The van der Waals surface area contributed by atoms with Gasteiger partial charge in [-0.1, -0.05) is 17.7 Å². The summed E-state index contributed by atoms with van der Waals surface area (Å²) in [6.07, 6.45) is 3.39. The number of ether oxygens (including phenoxy) is 1. The molecule has 2 heterocycles. The van der Waals surface area contributed by atoms with Gasteiger partial charge in [0.25, 0.3) is 0 Å². The van der Waals surface area contributed by atoms with E-state index >= 15 is 0 Å². The maximum atomic E-state index is 11.4. The van der Waals surface area contributed by atoms with Gasteiger partial charge in [-0.05, 0) is 55.3 Å². The molecule has 0 atom stereocenters. The fourth-order valence-corrected chi connectivity index (χ4v) is 3.89. The molecule has 0 saturated carbocycles. The normalized spacial score (nSPS) is 14.1. The second kappa shape index (κ2) is 10.0. The smallest absolute Gasteiger partial charge is 0.232 e. The molecule has 9 heteroatoms. The summed E-state index contributed by atoms with van der Waals surface area (Å²) in [4.78, 5) is 26.8. The Balaban J connectivity index is 1.39. The summed E-state index contributed by atoms with van der Waals surface area (Å²) in [5.41, 5.74) is 3.49. The van der Waals surface area contributed by atoms with Gasteiger partial charge in [0, 0.05) is 49.3 Å². The van der Waals surface area contributed by atoms with Gasteiger partial charge in [-0.25, -0.2) is 9.97 Å². The van der Waals surface area contributed by atoms with Crippen molar-refractivity contribution in [3.8, 4) is 5.75 Å². The molecule has 1 aliphatic heterocycles. The standard InChI is InChI=1S/C24H27ClN6O2/c1-15-13-19(7-8-20(15)25)33-18-9-11-31(12-10-18)24-27-14-26-23(30-24)29-22-6-4-5-21(16(22)2)28-17(3)32/h4-8,13-14,18H,9-12H2,1-3H3,(H,28,32)(H,26,27,29,30). The van der Waals surface area contributed by atoms with Crippen molar-refractivity contribution >= 4 is 40.8 Å². The number of rotatable bonds is 6. The molecule has 3 aromatic rings. The minimum Gasteiger partial charge on any atom is -0.490 e. The Morgan fingerprint density at radius 1 is 1.12 bits per heavy atom. The molecule has 0 radical (unpaired) electrons. The number of hydrogen-bond acceptors (Lipinski definition) is 7. The molecule has 1 saturated heterocycles. The number of halogens is 1. The second-order valence-electron chi connectivity index (χ2n) is 8.11. The number of nitrogens with zero attached hydrogens (tertiary/aromatic N) is 4. The number of carbonyl (C=O) groups is 1.